The van der Waals surface area contributed by atoms with Crippen LogP contribution < -0.4 is 10.7 Å². The van der Waals surface area contributed by atoms with Crippen LogP contribution in [-0.2, 0) is 11.8 Å². The average molecular weight is 293 g/mol. The van der Waals surface area contributed by atoms with Crippen molar-refractivity contribution in [3.05, 3.63) is 17.0 Å². The summed E-state index contributed by atoms with van der Waals surface area (Å²) in [5, 5.41) is 11.2. The lowest BCUT2D eigenvalue weighted by Crippen LogP contribution is -2.37. The first-order valence-corrected chi connectivity index (χ1v) is 7.19. The number of hydrogen-bond acceptors (Lipinski definition) is 4. The van der Waals surface area contributed by atoms with Gasteiger partial charge in [-0.3, -0.25) is 4.68 Å². The van der Waals surface area contributed by atoms with E-state index in [0.29, 0.717) is 6.54 Å². The number of amides is 2. The number of rotatable bonds is 4. The van der Waals surface area contributed by atoms with Crippen LogP contribution in [0.3, 0.4) is 0 Å². The second-order valence-electron chi connectivity index (χ2n) is 5.32. The van der Waals surface area contributed by atoms with Gasteiger partial charge in [-0.05, 0) is 33.6 Å². The molecule has 1 aliphatic heterocycles. The maximum Gasteiger partial charge on any atom is 0.335 e. The first kappa shape index (κ1) is 15.5. The Hall–Kier alpha value is -1.89. The van der Waals surface area contributed by atoms with E-state index in [-0.39, 0.29) is 12.1 Å². The summed E-state index contributed by atoms with van der Waals surface area (Å²) in [6.07, 6.45) is 2.19. The van der Waals surface area contributed by atoms with E-state index in [1.54, 1.807) is 4.68 Å². The minimum absolute atomic E-state index is 0.128. The summed E-state index contributed by atoms with van der Waals surface area (Å²) in [6.45, 7) is 7.07. The summed E-state index contributed by atoms with van der Waals surface area (Å²) < 4.78 is 7.25. The zero-order valence-corrected chi connectivity index (χ0v) is 13.1. The van der Waals surface area contributed by atoms with E-state index in [1.807, 2.05) is 27.8 Å². The van der Waals surface area contributed by atoms with Gasteiger partial charge in [0.2, 0.25) is 0 Å². The molecule has 2 rings (SSSR count). The van der Waals surface area contributed by atoms with Crippen LogP contribution in [0.2, 0.25) is 0 Å². The largest absolute Gasteiger partial charge is 0.376 e. The van der Waals surface area contributed by atoms with Gasteiger partial charge in [0.1, 0.15) is 0 Å². The van der Waals surface area contributed by atoms with Crippen LogP contribution in [0.15, 0.2) is 5.10 Å². The van der Waals surface area contributed by atoms with Crippen LogP contribution >= 0.6 is 0 Å². The van der Waals surface area contributed by atoms with Crippen molar-refractivity contribution in [1.82, 2.24) is 20.5 Å². The Morgan fingerprint density at radius 2 is 2.29 bits per heavy atom. The number of hydrazone groups is 1. The Labute approximate surface area is 124 Å². The Morgan fingerprint density at radius 3 is 2.86 bits per heavy atom. The lowest BCUT2D eigenvalue weighted by atomic mass is 10.1. The first-order valence-electron chi connectivity index (χ1n) is 7.19. The lowest BCUT2D eigenvalue weighted by Gasteiger charge is -2.10. The molecule has 1 saturated heterocycles. The van der Waals surface area contributed by atoms with Crippen molar-refractivity contribution in [3.8, 4) is 0 Å². The molecule has 0 aromatic carbocycles. The van der Waals surface area contributed by atoms with Crippen molar-refractivity contribution in [3.63, 3.8) is 0 Å². The number of aromatic nitrogens is 2. The van der Waals surface area contributed by atoms with Crippen LogP contribution in [0, 0.1) is 13.8 Å². The number of nitrogens with one attached hydrogen (secondary N) is 2. The highest BCUT2D eigenvalue weighted by atomic mass is 16.5. The maximum atomic E-state index is 11.7. The molecule has 0 unspecified atom stereocenters. The number of ether oxygens (including phenoxy) is 1. The molecule has 1 aliphatic rings. The predicted molar refractivity (Wildman–Crippen MR) is 80.4 cm³/mol. The Kier molecular flexibility index (Phi) is 4.95. The van der Waals surface area contributed by atoms with Crippen LogP contribution in [-0.4, -0.2) is 40.8 Å². The lowest BCUT2D eigenvalue weighted by molar-refractivity contribution is 0.111. The highest BCUT2D eigenvalue weighted by molar-refractivity contribution is 6.01. The predicted octanol–water partition coefficient (Wildman–Crippen LogP) is 1.24. The standard InChI is InChI=1S/C14H23N5O2/c1-9(13-10(2)18-19(4)11(13)3)16-17-14(20)15-8-12-6-5-7-21-12/h12H,5-8H2,1-4H3,(H2,15,17,20)/t12-/m0/s1. The van der Waals surface area contributed by atoms with Crippen LogP contribution in [0.25, 0.3) is 0 Å². The number of urea groups is 1. The van der Waals surface area contributed by atoms with Gasteiger partial charge in [0.05, 0.1) is 17.5 Å². The molecular formula is C14H23N5O2. The molecule has 116 valence electrons. The van der Waals surface area contributed by atoms with Crippen molar-refractivity contribution < 1.29 is 9.53 Å². The van der Waals surface area contributed by atoms with Crippen molar-refractivity contribution in [2.45, 2.75) is 39.7 Å². The second-order valence-corrected chi connectivity index (χ2v) is 5.32. The number of aryl methyl sites for hydroxylation is 2. The molecular weight excluding hydrogens is 270 g/mol. The van der Waals surface area contributed by atoms with E-state index in [1.165, 1.54) is 0 Å². The fourth-order valence-electron chi connectivity index (χ4n) is 2.54. The van der Waals surface area contributed by atoms with Gasteiger partial charge >= 0.3 is 6.03 Å². The Morgan fingerprint density at radius 1 is 1.52 bits per heavy atom. The molecule has 0 saturated carbocycles. The topological polar surface area (TPSA) is 80.5 Å². The molecule has 2 amide bonds. The zero-order chi connectivity index (χ0) is 15.4. The smallest absolute Gasteiger partial charge is 0.335 e. The molecule has 7 heteroatoms. The summed E-state index contributed by atoms with van der Waals surface area (Å²) in [5.74, 6) is 0. The monoisotopic (exact) mass is 293 g/mol. The molecule has 0 aliphatic carbocycles. The van der Waals surface area contributed by atoms with Crippen molar-refractivity contribution in [2.24, 2.45) is 12.1 Å². The SMILES string of the molecule is CC(=NNC(=O)NC[C@@H]1CCCO1)c1c(C)nn(C)c1C. The van der Waals surface area contributed by atoms with Crippen LogP contribution in [0.5, 0.6) is 0 Å². The van der Waals surface area contributed by atoms with Crippen LogP contribution in [0.1, 0.15) is 36.7 Å². The minimum atomic E-state index is -0.316. The highest BCUT2D eigenvalue weighted by Gasteiger charge is 2.16. The molecule has 1 aromatic rings. The average Bonchev–Trinajstić information content (AvgIpc) is 3.03. The molecule has 7 nitrogen and oxygen atoms in total. The summed E-state index contributed by atoms with van der Waals surface area (Å²) in [6, 6.07) is -0.316. The third kappa shape index (κ3) is 3.81. The van der Waals surface area contributed by atoms with Gasteiger partial charge in [0.15, 0.2) is 0 Å². The molecule has 0 radical (unpaired) electrons. The summed E-state index contributed by atoms with van der Waals surface area (Å²) in [7, 11) is 1.89. The normalized spacial score (nSPS) is 18.9. The van der Waals surface area contributed by atoms with E-state index < -0.39 is 0 Å². The molecule has 2 heterocycles. The summed E-state index contributed by atoms with van der Waals surface area (Å²) in [5.41, 5.74) is 6.15. The molecule has 0 bridgehead atoms. The van der Waals surface area contributed by atoms with Crippen LogP contribution in [0.4, 0.5) is 4.79 Å². The van der Waals surface area contributed by atoms with Gasteiger partial charge in [-0.1, -0.05) is 0 Å². The van der Waals surface area contributed by atoms with Crippen molar-refractivity contribution in [2.75, 3.05) is 13.2 Å². The van der Waals surface area contributed by atoms with E-state index in [0.717, 1.165) is 42.1 Å². The third-order valence-corrected chi connectivity index (χ3v) is 3.71. The van der Waals surface area contributed by atoms with Gasteiger partial charge in [-0.25, -0.2) is 10.2 Å². The second kappa shape index (κ2) is 6.71. The summed E-state index contributed by atoms with van der Waals surface area (Å²) >= 11 is 0. The van der Waals surface area contributed by atoms with Gasteiger partial charge in [-0.15, -0.1) is 0 Å². The number of carbonyl (C=O) groups excluding carboxylic acids is 1. The molecule has 1 atom stereocenters. The Balaban J connectivity index is 1.88. The van der Waals surface area contributed by atoms with Crippen molar-refractivity contribution in [1.29, 1.82) is 0 Å². The Bertz CT molecular complexity index is 544. The van der Waals surface area contributed by atoms with Gasteiger partial charge < -0.3 is 10.1 Å². The molecule has 2 N–H and O–H groups in total. The van der Waals surface area contributed by atoms with Crippen molar-refractivity contribution >= 4 is 11.7 Å². The summed E-state index contributed by atoms with van der Waals surface area (Å²) in [4.78, 5) is 11.7. The van der Waals surface area contributed by atoms with Gasteiger partial charge in [0, 0.05) is 31.5 Å². The van der Waals surface area contributed by atoms with E-state index in [4.69, 9.17) is 4.74 Å². The van der Waals surface area contributed by atoms with E-state index in [9.17, 15) is 4.79 Å². The fourth-order valence-corrected chi connectivity index (χ4v) is 2.54. The zero-order valence-electron chi connectivity index (χ0n) is 13.1. The van der Waals surface area contributed by atoms with E-state index in [2.05, 4.69) is 20.9 Å². The molecule has 0 spiro atoms. The third-order valence-electron chi connectivity index (χ3n) is 3.71. The fraction of sp³-hybridized carbons (Fsp3) is 0.643. The molecule has 1 aromatic heterocycles. The number of hydrogen-bond donors (Lipinski definition) is 2. The van der Waals surface area contributed by atoms with Gasteiger partial charge in [0.25, 0.3) is 0 Å². The molecule has 21 heavy (non-hydrogen) atoms. The maximum absolute atomic E-state index is 11.7. The van der Waals surface area contributed by atoms with E-state index >= 15 is 0 Å². The number of carbonyl (C=O) groups is 1. The molecule has 1 fully saturated rings. The highest BCUT2D eigenvalue weighted by Crippen LogP contribution is 2.13. The minimum Gasteiger partial charge on any atom is -0.376 e. The quantitative estimate of drug-likeness (QED) is 0.647. The first-order chi connectivity index (χ1) is 9.99. The number of nitrogens with zero attached hydrogens (tertiary/aromatic N) is 3. The van der Waals surface area contributed by atoms with Gasteiger partial charge in [-0.2, -0.15) is 10.2 Å².